The standard InChI is InChI=1S/C22H24ClF2N3O3/c1-14-3-5-18(6-4-14)28(20(29)19(23)25)22(2,15-11-16(24)13-26-12-15)21(30)27-17-7-9-31-10-8-17/h3-6,11-13,17,19H,7-10H2,1-2H3,(H,27,30)/t19-,22?/m0/s1. The number of nitrogens with zero attached hydrogens (tertiary/aromatic N) is 2. The summed E-state index contributed by atoms with van der Waals surface area (Å²) in [7, 11) is 0. The number of halogens is 3. The Morgan fingerprint density at radius 1 is 1.26 bits per heavy atom. The molecular weight excluding hydrogens is 428 g/mol. The second-order valence-corrected chi connectivity index (χ2v) is 8.02. The largest absolute Gasteiger partial charge is 0.381 e. The lowest BCUT2D eigenvalue weighted by molar-refractivity contribution is -0.132. The van der Waals surface area contributed by atoms with Gasteiger partial charge in [-0.25, -0.2) is 8.78 Å². The Bertz CT molecular complexity index is 936. The zero-order valence-corrected chi connectivity index (χ0v) is 18.0. The molecule has 0 radical (unpaired) electrons. The summed E-state index contributed by atoms with van der Waals surface area (Å²) in [5.41, 5.74) is -2.99. The molecule has 0 aliphatic carbocycles. The molecule has 3 rings (SSSR count). The van der Waals surface area contributed by atoms with Gasteiger partial charge in [-0.05, 0) is 44.9 Å². The number of pyridine rings is 1. The molecule has 2 amide bonds. The predicted octanol–water partition coefficient (Wildman–Crippen LogP) is 3.61. The van der Waals surface area contributed by atoms with Gasteiger partial charge in [0.15, 0.2) is 5.54 Å². The molecule has 1 saturated heterocycles. The number of anilines is 1. The highest BCUT2D eigenvalue weighted by Gasteiger charge is 2.47. The minimum Gasteiger partial charge on any atom is -0.381 e. The van der Waals surface area contributed by atoms with Crippen LogP contribution in [0, 0.1) is 12.7 Å². The Morgan fingerprint density at radius 3 is 2.48 bits per heavy atom. The third-order valence-electron chi connectivity index (χ3n) is 5.41. The third kappa shape index (κ3) is 5.02. The number of ether oxygens (including phenoxy) is 1. The SMILES string of the molecule is Cc1ccc(N(C(=O)[C@H](F)Cl)C(C)(C(=O)NC2CCOCC2)c2cncc(F)c2)cc1. The molecule has 166 valence electrons. The van der Waals surface area contributed by atoms with Crippen molar-refractivity contribution < 1.29 is 23.1 Å². The highest BCUT2D eigenvalue weighted by Crippen LogP contribution is 2.35. The van der Waals surface area contributed by atoms with Crippen LogP contribution in [-0.2, 0) is 19.9 Å². The fraction of sp³-hybridized carbons (Fsp3) is 0.409. The van der Waals surface area contributed by atoms with Crippen LogP contribution in [0.5, 0.6) is 0 Å². The van der Waals surface area contributed by atoms with Crippen LogP contribution < -0.4 is 10.2 Å². The summed E-state index contributed by atoms with van der Waals surface area (Å²) >= 11 is 5.53. The van der Waals surface area contributed by atoms with Crippen molar-refractivity contribution in [2.45, 2.75) is 43.9 Å². The molecule has 1 aliphatic heterocycles. The Balaban J connectivity index is 2.14. The summed E-state index contributed by atoms with van der Waals surface area (Å²) < 4.78 is 33.5. The second kappa shape index (κ2) is 9.70. The number of aryl methyl sites for hydroxylation is 1. The van der Waals surface area contributed by atoms with Gasteiger partial charge in [-0.1, -0.05) is 29.3 Å². The van der Waals surface area contributed by atoms with Gasteiger partial charge in [-0.3, -0.25) is 19.5 Å². The zero-order chi connectivity index (χ0) is 22.6. The van der Waals surface area contributed by atoms with Crippen LogP contribution in [0.2, 0.25) is 0 Å². The van der Waals surface area contributed by atoms with E-state index in [9.17, 15) is 18.4 Å². The van der Waals surface area contributed by atoms with Crippen molar-refractivity contribution in [2.24, 2.45) is 0 Å². The van der Waals surface area contributed by atoms with Crippen molar-refractivity contribution in [3.63, 3.8) is 0 Å². The van der Waals surface area contributed by atoms with Crippen molar-refractivity contribution in [3.8, 4) is 0 Å². The number of carbonyl (C=O) groups excluding carboxylic acids is 2. The van der Waals surface area contributed by atoms with E-state index >= 15 is 0 Å². The van der Waals surface area contributed by atoms with Crippen LogP contribution >= 0.6 is 11.6 Å². The van der Waals surface area contributed by atoms with E-state index < -0.39 is 28.8 Å². The second-order valence-electron chi connectivity index (χ2n) is 7.63. The molecule has 31 heavy (non-hydrogen) atoms. The number of alkyl halides is 2. The first-order chi connectivity index (χ1) is 14.7. The van der Waals surface area contributed by atoms with Gasteiger partial charge >= 0.3 is 0 Å². The predicted molar refractivity (Wildman–Crippen MR) is 113 cm³/mol. The molecule has 2 aromatic rings. The zero-order valence-electron chi connectivity index (χ0n) is 17.3. The number of rotatable bonds is 6. The van der Waals surface area contributed by atoms with E-state index in [0.29, 0.717) is 26.1 Å². The van der Waals surface area contributed by atoms with E-state index in [2.05, 4.69) is 10.3 Å². The number of amides is 2. The topological polar surface area (TPSA) is 71.5 Å². The molecule has 0 bridgehead atoms. The van der Waals surface area contributed by atoms with Gasteiger partial charge < -0.3 is 10.1 Å². The van der Waals surface area contributed by atoms with Crippen molar-refractivity contribution in [1.29, 1.82) is 0 Å². The van der Waals surface area contributed by atoms with E-state index in [1.807, 2.05) is 6.92 Å². The fourth-order valence-corrected chi connectivity index (χ4v) is 3.70. The van der Waals surface area contributed by atoms with Gasteiger partial charge in [0.25, 0.3) is 17.4 Å². The van der Waals surface area contributed by atoms with Crippen molar-refractivity contribution in [2.75, 3.05) is 18.1 Å². The minimum absolute atomic E-state index is 0.0864. The van der Waals surface area contributed by atoms with Crippen LogP contribution in [0.3, 0.4) is 0 Å². The number of carbonyl (C=O) groups is 2. The highest BCUT2D eigenvalue weighted by atomic mass is 35.5. The molecular formula is C22H24ClF2N3O3. The average molecular weight is 452 g/mol. The number of nitrogens with one attached hydrogen (secondary N) is 1. The molecule has 1 unspecified atom stereocenters. The monoisotopic (exact) mass is 451 g/mol. The molecule has 0 spiro atoms. The Hall–Kier alpha value is -2.58. The molecule has 6 nitrogen and oxygen atoms in total. The van der Waals surface area contributed by atoms with Gasteiger partial charge in [0.1, 0.15) is 5.82 Å². The Morgan fingerprint density at radius 2 is 1.90 bits per heavy atom. The van der Waals surface area contributed by atoms with E-state index in [1.165, 1.54) is 13.1 Å². The van der Waals surface area contributed by atoms with Crippen LogP contribution in [0.15, 0.2) is 42.7 Å². The van der Waals surface area contributed by atoms with E-state index in [-0.39, 0.29) is 17.3 Å². The van der Waals surface area contributed by atoms with Gasteiger partial charge in [0.2, 0.25) is 0 Å². The van der Waals surface area contributed by atoms with Crippen molar-refractivity contribution >= 4 is 29.1 Å². The van der Waals surface area contributed by atoms with Gasteiger partial charge in [-0.15, -0.1) is 0 Å². The molecule has 1 aliphatic rings. The summed E-state index contributed by atoms with van der Waals surface area (Å²) in [6, 6.07) is 7.51. The molecule has 2 heterocycles. The molecule has 2 atom stereocenters. The minimum atomic E-state index is -2.40. The average Bonchev–Trinajstić information content (AvgIpc) is 2.75. The maximum absolute atomic E-state index is 14.1. The normalized spacial score (nSPS) is 17.5. The molecule has 1 N–H and O–H groups in total. The molecule has 1 aromatic carbocycles. The summed E-state index contributed by atoms with van der Waals surface area (Å²) in [5.74, 6) is -2.43. The van der Waals surface area contributed by atoms with Crippen LogP contribution in [0.4, 0.5) is 14.5 Å². The van der Waals surface area contributed by atoms with Gasteiger partial charge in [0, 0.05) is 36.7 Å². The first-order valence-corrected chi connectivity index (χ1v) is 10.4. The molecule has 9 heteroatoms. The molecule has 1 aromatic heterocycles. The number of hydrogen-bond donors (Lipinski definition) is 1. The van der Waals surface area contributed by atoms with E-state index in [0.717, 1.165) is 22.7 Å². The smallest absolute Gasteiger partial charge is 0.278 e. The number of aromatic nitrogens is 1. The first-order valence-electron chi connectivity index (χ1n) is 9.92. The number of benzene rings is 1. The summed E-state index contributed by atoms with van der Waals surface area (Å²) in [6.07, 6.45) is 3.44. The van der Waals surface area contributed by atoms with E-state index in [4.69, 9.17) is 16.3 Å². The van der Waals surface area contributed by atoms with Gasteiger partial charge in [0.05, 0.1) is 6.20 Å². The first kappa shape index (κ1) is 23.1. The summed E-state index contributed by atoms with van der Waals surface area (Å²) in [5, 5.41) is 2.90. The number of hydrogen-bond acceptors (Lipinski definition) is 4. The van der Waals surface area contributed by atoms with Crippen LogP contribution in [0.1, 0.15) is 30.9 Å². The fourth-order valence-electron chi connectivity index (χ4n) is 3.60. The summed E-state index contributed by atoms with van der Waals surface area (Å²) in [4.78, 5) is 31.3. The lowest BCUT2D eigenvalue weighted by atomic mass is 9.88. The lowest BCUT2D eigenvalue weighted by Crippen LogP contribution is -2.60. The highest BCUT2D eigenvalue weighted by molar-refractivity contribution is 6.32. The van der Waals surface area contributed by atoms with Crippen LogP contribution in [0.25, 0.3) is 0 Å². The summed E-state index contributed by atoms with van der Waals surface area (Å²) in [6.45, 7) is 4.24. The van der Waals surface area contributed by atoms with E-state index in [1.54, 1.807) is 24.3 Å². The van der Waals surface area contributed by atoms with Crippen molar-refractivity contribution in [3.05, 3.63) is 59.7 Å². The maximum Gasteiger partial charge on any atom is 0.278 e. The Kier molecular flexibility index (Phi) is 7.23. The third-order valence-corrected chi connectivity index (χ3v) is 5.60. The van der Waals surface area contributed by atoms with Gasteiger partial charge in [-0.2, -0.15) is 0 Å². The quantitative estimate of drug-likeness (QED) is 0.681. The molecule has 0 saturated carbocycles. The van der Waals surface area contributed by atoms with Crippen molar-refractivity contribution in [1.82, 2.24) is 10.3 Å². The maximum atomic E-state index is 14.1. The van der Waals surface area contributed by atoms with Crippen LogP contribution in [-0.4, -0.2) is 41.7 Å². The molecule has 1 fully saturated rings. The Labute approximate surface area is 184 Å². The lowest BCUT2D eigenvalue weighted by Gasteiger charge is -2.41.